The van der Waals surface area contributed by atoms with Gasteiger partial charge >= 0.3 is 11.8 Å². The van der Waals surface area contributed by atoms with Crippen molar-refractivity contribution in [2.24, 2.45) is 0 Å². The molecular formula is C24H27N5O5. The number of aryl methyl sites for hydroxylation is 1. The number of carbonyl (C=O) groups excluding carboxylic acids is 3. The van der Waals surface area contributed by atoms with E-state index in [4.69, 9.17) is 4.42 Å². The Morgan fingerprint density at radius 1 is 1.12 bits per heavy atom. The lowest BCUT2D eigenvalue weighted by atomic mass is 9.91. The van der Waals surface area contributed by atoms with Crippen LogP contribution in [0.1, 0.15) is 18.1 Å². The summed E-state index contributed by atoms with van der Waals surface area (Å²) in [6.07, 6.45) is 0. The number of urea groups is 1. The summed E-state index contributed by atoms with van der Waals surface area (Å²) >= 11 is 0. The van der Waals surface area contributed by atoms with E-state index in [1.54, 1.807) is 37.3 Å². The largest absolute Gasteiger partial charge is 0.419 e. The fourth-order valence-corrected chi connectivity index (χ4v) is 3.92. The van der Waals surface area contributed by atoms with Crippen molar-refractivity contribution in [3.8, 4) is 0 Å². The van der Waals surface area contributed by atoms with E-state index in [1.807, 2.05) is 38.1 Å². The molecule has 10 nitrogen and oxygen atoms in total. The lowest BCUT2D eigenvalue weighted by molar-refractivity contribution is -0.133. The second kappa shape index (κ2) is 8.79. The number of rotatable bonds is 7. The highest BCUT2D eigenvalue weighted by Gasteiger charge is 2.49. The molecule has 0 spiro atoms. The van der Waals surface area contributed by atoms with Crippen molar-refractivity contribution >= 4 is 34.6 Å². The van der Waals surface area contributed by atoms with Gasteiger partial charge in [-0.15, -0.1) is 0 Å². The first-order valence-electron chi connectivity index (χ1n) is 10.9. The first-order valence-corrected chi connectivity index (χ1v) is 10.9. The lowest BCUT2D eigenvalue weighted by Gasteiger charge is -2.22. The van der Waals surface area contributed by atoms with Gasteiger partial charge in [-0.3, -0.25) is 19.1 Å². The Hall–Kier alpha value is -3.92. The second-order valence-electron chi connectivity index (χ2n) is 8.87. The normalized spacial score (nSPS) is 18.1. The summed E-state index contributed by atoms with van der Waals surface area (Å²) in [7, 11) is 3.80. The van der Waals surface area contributed by atoms with E-state index in [0.717, 1.165) is 10.5 Å². The van der Waals surface area contributed by atoms with Crippen LogP contribution in [0.2, 0.25) is 0 Å². The number of fused-ring (bicyclic) bond motifs is 1. The quantitative estimate of drug-likeness (QED) is 0.515. The Morgan fingerprint density at radius 2 is 1.82 bits per heavy atom. The number of imide groups is 1. The highest BCUT2D eigenvalue weighted by molar-refractivity contribution is 6.10. The predicted molar refractivity (Wildman–Crippen MR) is 126 cm³/mol. The van der Waals surface area contributed by atoms with Gasteiger partial charge in [0.2, 0.25) is 5.91 Å². The van der Waals surface area contributed by atoms with Crippen molar-refractivity contribution in [1.29, 1.82) is 0 Å². The van der Waals surface area contributed by atoms with E-state index in [-0.39, 0.29) is 0 Å². The van der Waals surface area contributed by atoms with Crippen LogP contribution in [0.25, 0.3) is 11.1 Å². The maximum atomic E-state index is 13.1. The Morgan fingerprint density at radius 3 is 2.50 bits per heavy atom. The summed E-state index contributed by atoms with van der Waals surface area (Å²) in [4.78, 5) is 53.3. The van der Waals surface area contributed by atoms with Crippen LogP contribution < -0.4 is 16.4 Å². The Bertz CT molecular complexity index is 1320. The van der Waals surface area contributed by atoms with Crippen LogP contribution in [0, 0.1) is 6.92 Å². The molecule has 178 valence electrons. The highest BCUT2D eigenvalue weighted by Crippen LogP contribution is 2.29. The second-order valence-corrected chi connectivity index (χ2v) is 8.87. The zero-order chi connectivity index (χ0) is 24.6. The number of nitrogens with one attached hydrogen (secondary N) is 2. The van der Waals surface area contributed by atoms with Crippen molar-refractivity contribution in [3.63, 3.8) is 0 Å². The van der Waals surface area contributed by atoms with Crippen molar-refractivity contribution in [2.75, 3.05) is 32.5 Å². The summed E-state index contributed by atoms with van der Waals surface area (Å²) in [6.45, 7) is 4.17. The monoisotopic (exact) mass is 465 g/mol. The summed E-state index contributed by atoms with van der Waals surface area (Å²) in [5, 5.41) is 5.39. The van der Waals surface area contributed by atoms with Gasteiger partial charge in [-0.2, -0.15) is 0 Å². The van der Waals surface area contributed by atoms with E-state index in [0.29, 0.717) is 35.4 Å². The number of anilines is 1. The van der Waals surface area contributed by atoms with Crippen LogP contribution in [0.3, 0.4) is 0 Å². The van der Waals surface area contributed by atoms with Crippen molar-refractivity contribution in [2.45, 2.75) is 25.9 Å². The fourth-order valence-electron chi connectivity index (χ4n) is 3.92. The molecular weight excluding hydrogens is 438 g/mol. The van der Waals surface area contributed by atoms with Crippen LogP contribution in [-0.4, -0.2) is 59.4 Å². The molecule has 34 heavy (non-hydrogen) atoms. The van der Waals surface area contributed by atoms with Crippen molar-refractivity contribution in [1.82, 2.24) is 19.7 Å². The molecule has 2 N–H and O–H groups in total. The van der Waals surface area contributed by atoms with E-state index >= 15 is 0 Å². The van der Waals surface area contributed by atoms with Gasteiger partial charge in [0.05, 0.1) is 5.52 Å². The predicted octanol–water partition coefficient (Wildman–Crippen LogP) is 1.87. The molecule has 0 bridgehead atoms. The molecule has 2 aromatic carbocycles. The van der Waals surface area contributed by atoms with Gasteiger partial charge in [-0.05, 0) is 51.7 Å². The van der Waals surface area contributed by atoms with Crippen LogP contribution in [0.5, 0.6) is 0 Å². The molecule has 0 aliphatic carbocycles. The van der Waals surface area contributed by atoms with Crippen molar-refractivity contribution < 1.29 is 18.8 Å². The number of hydrogen-bond acceptors (Lipinski definition) is 6. The third-order valence-electron chi connectivity index (χ3n) is 5.93. The molecule has 3 aromatic rings. The number of aromatic nitrogens is 1. The lowest BCUT2D eigenvalue weighted by Crippen LogP contribution is -2.42. The van der Waals surface area contributed by atoms with Gasteiger partial charge in [0, 0.05) is 18.8 Å². The molecule has 0 radical (unpaired) electrons. The average molecular weight is 466 g/mol. The molecule has 1 fully saturated rings. The number of benzene rings is 2. The van der Waals surface area contributed by atoms with Crippen LogP contribution in [0.15, 0.2) is 51.7 Å². The number of likely N-dealkylation sites (N-methyl/N-ethyl adjacent to an activating group) is 1. The molecule has 4 rings (SSSR count). The number of oxazole rings is 1. The van der Waals surface area contributed by atoms with Crippen LogP contribution in [-0.2, 0) is 21.7 Å². The maximum absolute atomic E-state index is 13.1. The Labute approximate surface area is 196 Å². The van der Waals surface area contributed by atoms with Gasteiger partial charge in [-0.1, -0.05) is 29.8 Å². The van der Waals surface area contributed by atoms with E-state index in [9.17, 15) is 19.2 Å². The number of nitrogens with zero attached hydrogens (tertiary/aromatic N) is 3. The van der Waals surface area contributed by atoms with Gasteiger partial charge in [0.1, 0.15) is 12.1 Å². The van der Waals surface area contributed by atoms with E-state index < -0.39 is 35.7 Å². The smallest absolute Gasteiger partial charge is 0.408 e. The van der Waals surface area contributed by atoms with E-state index in [1.165, 1.54) is 4.57 Å². The number of amides is 4. The van der Waals surface area contributed by atoms with Gasteiger partial charge < -0.3 is 20.0 Å². The third kappa shape index (κ3) is 4.32. The Balaban J connectivity index is 1.49. The third-order valence-corrected chi connectivity index (χ3v) is 5.93. The number of hydrogen-bond donors (Lipinski definition) is 2. The average Bonchev–Trinajstić information content (AvgIpc) is 3.20. The topological polar surface area (TPSA) is 117 Å². The SMILES string of the molecule is Cc1ccc(C2(C)NC(=O)N(CC(=O)Nc3ccc4oc(=O)n(CCN(C)C)c4c3)C2=O)cc1. The van der Waals surface area contributed by atoms with Crippen LogP contribution in [0.4, 0.5) is 10.5 Å². The molecule has 1 atom stereocenters. The molecule has 0 saturated carbocycles. The number of carbonyl (C=O) groups is 3. The van der Waals surface area contributed by atoms with Gasteiger partial charge in [0.25, 0.3) is 5.91 Å². The summed E-state index contributed by atoms with van der Waals surface area (Å²) in [5.41, 5.74) is 1.80. The summed E-state index contributed by atoms with van der Waals surface area (Å²) in [5.74, 6) is -1.52. The summed E-state index contributed by atoms with van der Waals surface area (Å²) in [6, 6.07) is 11.5. The minimum Gasteiger partial charge on any atom is -0.408 e. The van der Waals surface area contributed by atoms with Gasteiger partial charge in [0.15, 0.2) is 5.58 Å². The minimum absolute atomic E-state index is 0.407. The molecule has 10 heteroatoms. The highest BCUT2D eigenvalue weighted by atomic mass is 16.4. The van der Waals surface area contributed by atoms with Crippen molar-refractivity contribution in [3.05, 3.63) is 64.1 Å². The first kappa shape index (κ1) is 23.2. The molecule has 4 amide bonds. The zero-order valence-corrected chi connectivity index (χ0v) is 19.5. The fraction of sp³-hybridized carbons (Fsp3) is 0.333. The molecule has 1 aromatic heterocycles. The zero-order valence-electron chi connectivity index (χ0n) is 19.5. The maximum Gasteiger partial charge on any atom is 0.419 e. The van der Waals surface area contributed by atoms with Crippen LogP contribution >= 0.6 is 0 Å². The van der Waals surface area contributed by atoms with E-state index in [2.05, 4.69) is 10.6 Å². The summed E-state index contributed by atoms with van der Waals surface area (Å²) < 4.78 is 6.77. The molecule has 1 aliphatic heterocycles. The molecule has 2 heterocycles. The molecule has 1 aliphatic rings. The standard InChI is InChI=1S/C24H27N5O5/c1-15-5-7-16(8-6-15)24(2)21(31)29(22(32)26-24)14-20(30)25-17-9-10-19-18(13-17)28(23(33)34-19)12-11-27(3)4/h5-10,13H,11-12,14H2,1-4H3,(H,25,30)(H,26,32). The minimum atomic E-state index is -1.25. The molecule has 1 unspecified atom stereocenters. The first-order chi connectivity index (χ1) is 16.1. The Kier molecular flexibility index (Phi) is 6.01. The molecule has 1 saturated heterocycles. The van der Waals surface area contributed by atoms with Gasteiger partial charge in [-0.25, -0.2) is 9.59 Å².